The molecule has 0 saturated heterocycles. The van der Waals surface area contributed by atoms with Crippen molar-refractivity contribution >= 4 is 11.3 Å². The van der Waals surface area contributed by atoms with Crippen LogP contribution in [0.25, 0.3) is 0 Å². The van der Waals surface area contributed by atoms with Crippen molar-refractivity contribution in [1.29, 1.82) is 0 Å². The molecule has 0 bridgehead atoms. The van der Waals surface area contributed by atoms with Crippen LogP contribution < -0.4 is 9.47 Å². The van der Waals surface area contributed by atoms with E-state index in [0.717, 1.165) is 16.3 Å². The second kappa shape index (κ2) is 6.24. The fraction of sp³-hybridized carbons (Fsp3) is 0.400. The van der Waals surface area contributed by atoms with E-state index in [1.165, 1.54) is 4.88 Å². The lowest BCUT2D eigenvalue weighted by Gasteiger charge is -2.13. The predicted molar refractivity (Wildman–Crippen MR) is 79.8 cm³/mol. The van der Waals surface area contributed by atoms with Gasteiger partial charge < -0.3 is 14.6 Å². The number of aromatic nitrogens is 1. The number of rotatable bonds is 5. The van der Waals surface area contributed by atoms with Gasteiger partial charge in [-0.15, -0.1) is 11.3 Å². The summed E-state index contributed by atoms with van der Waals surface area (Å²) in [6.45, 7) is 4.02. The van der Waals surface area contributed by atoms with Gasteiger partial charge in [0, 0.05) is 17.4 Å². The van der Waals surface area contributed by atoms with Crippen LogP contribution >= 0.6 is 11.3 Å². The van der Waals surface area contributed by atoms with Gasteiger partial charge in [0.1, 0.15) is 11.5 Å². The minimum absolute atomic E-state index is 0.496. The molecule has 0 saturated carbocycles. The molecular weight excluding hydrogens is 274 g/mol. The number of hydrogen-bond donors (Lipinski definition) is 1. The fourth-order valence-electron chi connectivity index (χ4n) is 1.93. The lowest BCUT2D eigenvalue weighted by atomic mass is 10.1. The number of ether oxygens (including phenoxy) is 2. The van der Waals surface area contributed by atoms with Crippen molar-refractivity contribution in [3.05, 3.63) is 39.3 Å². The zero-order valence-electron chi connectivity index (χ0n) is 12.1. The van der Waals surface area contributed by atoms with E-state index in [0.29, 0.717) is 17.9 Å². The van der Waals surface area contributed by atoms with Crippen molar-refractivity contribution in [1.82, 2.24) is 4.98 Å². The average molecular weight is 293 g/mol. The zero-order chi connectivity index (χ0) is 14.7. The third-order valence-electron chi connectivity index (χ3n) is 3.20. The molecule has 108 valence electrons. The summed E-state index contributed by atoms with van der Waals surface area (Å²) >= 11 is 1.62. The molecule has 1 heterocycles. The molecular formula is C15H19NO3S. The van der Waals surface area contributed by atoms with E-state index in [1.807, 2.05) is 26.0 Å². The number of methoxy groups -OCH3 is 2. The maximum atomic E-state index is 10.4. The molecule has 0 radical (unpaired) electrons. The Morgan fingerprint density at radius 1 is 1.15 bits per heavy atom. The highest BCUT2D eigenvalue weighted by atomic mass is 32.1. The van der Waals surface area contributed by atoms with Gasteiger partial charge in [-0.25, -0.2) is 4.98 Å². The Bertz CT molecular complexity index is 553. The van der Waals surface area contributed by atoms with Crippen LogP contribution in [0.1, 0.15) is 27.2 Å². The molecule has 20 heavy (non-hydrogen) atoms. The van der Waals surface area contributed by atoms with Crippen LogP contribution in [0.4, 0.5) is 0 Å². The minimum Gasteiger partial charge on any atom is -0.497 e. The second-order valence-electron chi connectivity index (χ2n) is 4.62. The van der Waals surface area contributed by atoms with Crippen LogP contribution in [-0.4, -0.2) is 24.3 Å². The lowest BCUT2D eigenvalue weighted by molar-refractivity contribution is 0.177. The summed E-state index contributed by atoms with van der Waals surface area (Å²) in [6.07, 6.45) is -0.126. The van der Waals surface area contributed by atoms with Crippen LogP contribution in [-0.2, 0) is 6.42 Å². The molecule has 0 aliphatic heterocycles. The third kappa shape index (κ3) is 3.29. The normalized spacial score (nSPS) is 12.2. The van der Waals surface area contributed by atoms with Crippen LogP contribution in [0.15, 0.2) is 18.2 Å². The fourth-order valence-corrected chi connectivity index (χ4v) is 2.90. The molecule has 2 rings (SSSR count). The van der Waals surface area contributed by atoms with E-state index in [4.69, 9.17) is 9.47 Å². The second-order valence-corrected chi connectivity index (χ2v) is 5.90. The molecule has 1 unspecified atom stereocenters. The summed E-state index contributed by atoms with van der Waals surface area (Å²) in [5.41, 5.74) is 1.80. The SMILES string of the molecule is COc1cc(OC)cc(C(O)Cc2nc(C)c(C)s2)c1. The first-order valence-corrected chi connectivity index (χ1v) is 7.19. The van der Waals surface area contributed by atoms with Gasteiger partial charge in [0.2, 0.25) is 0 Å². The molecule has 1 aromatic heterocycles. The molecule has 0 aliphatic rings. The highest BCUT2D eigenvalue weighted by molar-refractivity contribution is 7.11. The first-order chi connectivity index (χ1) is 9.53. The number of hydrogen-bond acceptors (Lipinski definition) is 5. The van der Waals surface area contributed by atoms with E-state index < -0.39 is 6.10 Å². The summed E-state index contributed by atoms with van der Waals surface area (Å²) < 4.78 is 10.4. The predicted octanol–water partition coefficient (Wildman–Crippen LogP) is 3.05. The lowest BCUT2D eigenvalue weighted by Crippen LogP contribution is -2.02. The third-order valence-corrected chi connectivity index (χ3v) is 4.29. The van der Waals surface area contributed by atoms with Crippen molar-refractivity contribution in [2.24, 2.45) is 0 Å². The minimum atomic E-state index is -0.621. The maximum Gasteiger partial charge on any atom is 0.122 e. The van der Waals surface area contributed by atoms with Gasteiger partial charge in [-0.05, 0) is 31.5 Å². The quantitative estimate of drug-likeness (QED) is 0.920. The Balaban J connectivity index is 2.21. The average Bonchev–Trinajstić information content (AvgIpc) is 2.76. The first kappa shape index (κ1) is 14.8. The first-order valence-electron chi connectivity index (χ1n) is 6.37. The van der Waals surface area contributed by atoms with Crippen molar-refractivity contribution in [2.45, 2.75) is 26.4 Å². The number of benzene rings is 1. The summed E-state index contributed by atoms with van der Waals surface area (Å²) in [5.74, 6) is 1.34. The molecule has 1 aromatic carbocycles. The van der Waals surface area contributed by atoms with Gasteiger partial charge >= 0.3 is 0 Å². The van der Waals surface area contributed by atoms with Crippen molar-refractivity contribution in [3.63, 3.8) is 0 Å². The molecule has 2 aromatic rings. The maximum absolute atomic E-state index is 10.4. The summed E-state index contributed by atoms with van der Waals surface area (Å²) in [4.78, 5) is 5.65. The number of nitrogens with zero attached hydrogens (tertiary/aromatic N) is 1. The number of thiazole rings is 1. The highest BCUT2D eigenvalue weighted by Gasteiger charge is 2.14. The summed E-state index contributed by atoms with van der Waals surface area (Å²) in [6, 6.07) is 5.43. The van der Waals surface area contributed by atoms with Crippen LogP contribution in [0.3, 0.4) is 0 Å². The van der Waals surface area contributed by atoms with Crippen molar-refractivity contribution < 1.29 is 14.6 Å². The highest BCUT2D eigenvalue weighted by Crippen LogP contribution is 2.29. The largest absolute Gasteiger partial charge is 0.497 e. The van der Waals surface area contributed by atoms with Gasteiger partial charge in [0.15, 0.2) is 0 Å². The van der Waals surface area contributed by atoms with Gasteiger partial charge in [-0.2, -0.15) is 0 Å². The number of aliphatic hydroxyl groups excluding tert-OH is 1. The van der Waals surface area contributed by atoms with E-state index in [2.05, 4.69) is 4.98 Å². The van der Waals surface area contributed by atoms with Gasteiger partial charge in [-0.3, -0.25) is 0 Å². The molecule has 0 amide bonds. The Morgan fingerprint density at radius 2 is 1.75 bits per heavy atom. The van der Waals surface area contributed by atoms with E-state index in [9.17, 15) is 5.11 Å². The number of aliphatic hydroxyl groups is 1. The van der Waals surface area contributed by atoms with Crippen LogP contribution in [0.2, 0.25) is 0 Å². The molecule has 4 nitrogen and oxygen atoms in total. The Morgan fingerprint density at radius 3 is 2.20 bits per heavy atom. The molecule has 5 heteroatoms. The molecule has 0 spiro atoms. The monoisotopic (exact) mass is 293 g/mol. The van der Waals surface area contributed by atoms with Gasteiger partial charge in [-0.1, -0.05) is 0 Å². The molecule has 1 N–H and O–H groups in total. The summed E-state index contributed by atoms with van der Waals surface area (Å²) in [7, 11) is 3.19. The molecule has 0 fully saturated rings. The van der Waals surface area contributed by atoms with E-state index in [1.54, 1.807) is 31.6 Å². The van der Waals surface area contributed by atoms with E-state index >= 15 is 0 Å². The standard InChI is InChI=1S/C15H19NO3S/c1-9-10(2)20-15(16-9)8-14(17)11-5-12(18-3)7-13(6-11)19-4/h5-7,14,17H,8H2,1-4H3. The van der Waals surface area contributed by atoms with Crippen LogP contribution in [0, 0.1) is 13.8 Å². The smallest absolute Gasteiger partial charge is 0.122 e. The van der Waals surface area contributed by atoms with Crippen molar-refractivity contribution in [3.8, 4) is 11.5 Å². The van der Waals surface area contributed by atoms with Gasteiger partial charge in [0.05, 0.1) is 31.0 Å². The molecule has 0 aliphatic carbocycles. The molecule has 1 atom stereocenters. The van der Waals surface area contributed by atoms with Crippen LogP contribution in [0.5, 0.6) is 11.5 Å². The summed E-state index contributed by atoms with van der Waals surface area (Å²) in [5, 5.41) is 11.3. The topological polar surface area (TPSA) is 51.6 Å². The Labute approximate surface area is 123 Å². The van der Waals surface area contributed by atoms with Gasteiger partial charge in [0.25, 0.3) is 0 Å². The van der Waals surface area contributed by atoms with Crippen molar-refractivity contribution in [2.75, 3.05) is 14.2 Å². The Hall–Kier alpha value is -1.59. The number of aryl methyl sites for hydroxylation is 2. The van der Waals surface area contributed by atoms with E-state index in [-0.39, 0.29) is 0 Å². The Kier molecular flexibility index (Phi) is 4.62. The zero-order valence-corrected chi connectivity index (χ0v) is 13.0.